The summed E-state index contributed by atoms with van der Waals surface area (Å²) in [6, 6.07) is 11.8. The third-order valence-corrected chi connectivity index (χ3v) is 5.64. The Morgan fingerprint density at radius 1 is 1.12 bits per heavy atom. The van der Waals surface area contributed by atoms with E-state index in [9.17, 15) is 4.39 Å². The second kappa shape index (κ2) is 8.55. The van der Waals surface area contributed by atoms with E-state index < -0.39 is 0 Å². The summed E-state index contributed by atoms with van der Waals surface area (Å²) in [4.78, 5) is 18.0. The SMILES string of the molecule is CNc1nccc(-c2c(-c3ccc(F)cc3)nc3n2C(COc2ccc(Cl)cn2)CC3)n1. The van der Waals surface area contributed by atoms with Crippen molar-refractivity contribution in [2.45, 2.75) is 18.9 Å². The summed E-state index contributed by atoms with van der Waals surface area (Å²) in [6.45, 7) is 0.428. The molecule has 1 unspecified atom stereocenters. The van der Waals surface area contributed by atoms with Crippen LogP contribution in [0.2, 0.25) is 5.02 Å². The number of nitrogens with zero attached hydrogens (tertiary/aromatic N) is 5. The smallest absolute Gasteiger partial charge is 0.222 e. The zero-order valence-corrected chi connectivity index (χ0v) is 18.1. The number of aromatic nitrogens is 5. The minimum Gasteiger partial charge on any atom is -0.475 e. The van der Waals surface area contributed by atoms with Crippen molar-refractivity contribution in [2.75, 3.05) is 19.0 Å². The molecule has 0 radical (unpaired) electrons. The first-order valence-electron chi connectivity index (χ1n) is 10.2. The van der Waals surface area contributed by atoms with Gasteiger partial charge in [-0.05, 0) is 42.8 Å². The maximum atomic E-state index is 13.5. The lowest BCUT2D eigenvalue weighted by molar-refractivity contribution is 0.247. The number of ether oxygens (including phenoxy) is 1. The lowest BCUT2D eigenvalue weighted by atomic mass is 10.1. The molecular weight excluding hydrogens is 431 g/mol. The molecule has 3 aromatic heterocycles. The Hall–Kier alpha value is -3.52. The first-order valence-corrected chi connectivity index (χ1v) is 10.6. The Labute approximate surface area is 189 Å². The Balaban J connectivity index is 1.56. The molecule has 7 nitrogen and oxygen atoms in total. The molecule has 1 aliphatic rings. The number of hydrogen-bond donors (Lipinski definition) is 1. The Kier molecular flexibility index (Phi) is 5.45. The Morgan fingerprint density at radius 3 is 2.72 bits per heavy atom. The van der Waals surface area contributed by atoms with Gasteiger partial charge in [-0.15, -0.1) is 0 Å². The molecule has 0 saturated heterocycles. The van der Waals surface area contributed by atoms with E-state index in [-0.39, 0.29) is 11.9 Å². The molecule has 162 valence electrons. The number of imidazole rings is 1. The van der Waals surface area contributed by atoms with Crippen LogP contribution < -0.4 is 10.1 Å². The maximum absolute atomic E-state index is 13.5. The third kappa shape index (κ3) is 3.89. The summed E-state index contributed by atoms with van der Waals surface area (Å²) in [5, 5.41) is 3.54. The van der Waals surface area contributed by atoms with Crippen molar-refractivity contribution in [2.24, 2.45) is 0 Å². The molecule has 0 spiro atoms. The van der Waals surface area contributed by atoms with Crippen LogP contribution >= 0.6 is 11.6 Å². The van der Waals surface area contributed by atoms with Crippen molar-refractivity contribution in [3.05, 3.63) is 71.5 Å². The van der Waals surface area contributed by atoms with E-state index in [1.807, 2.05) is 6.07 Å². The molecule has 9 heteroatoms. The fourth-order valence-electron chi connectivity index (χ4n) is 3.93. The lowest BCUT2D eigenvalue weighted by Gasteiger charge is -2.18. The lowest BCUT2D eigenvalue weighted by Crippen LogP contribution is -2.15. The van der Waals surface area contributed by atoms with Crippen molar-refractivity contribution in [3.8, 4) is 28.5 Å². The average molecular weight is 451 g/mol. The van der Waals surface area contributed by atoms with Crippen molar-refractivity contribution < 1.29 is 9.13 Å². The number of anilines is 1. The molecule has 4 heterocycles. The van der Waals surface area contributed by atoms with Gasteiger partial charge in [-0.1, -0.05) is 11.6 Å². The summed E-state index contributed by atoms with van der Waals surface area (Å²) in [5.74, 6) is 1.69. The van der Waals surface area contributed by atoms with Gasteiger partial charge in [0.1, 0.15) is 18.2 Å². The normalized spacial score (nSPS) is 14.9. The Bertz CT molecular complexity index is 1240. The molecule has 0 amide bonds. The van der Waals surface area contributed by atoms with Crippen LogP contribution in [0.25, 0.3) is 22.6 Å². The molecule has 1 N–H and O–H groups in total. The number of pyridine rings is 1. The molecule has 0 saturated carbocycles. The quantitative estimate of drug-likeness (QED) is 0.454. The predicted octanol–water partition coefficient (Wildman–Crippen LogP) is 4.80. The summed E-state index contributed by atoms with van der Waals surface area (Å²) >= 11 is 5.92. The summed E-state index contributed by atoms with van der Waals surface area (Å²) in [7, 11) is 1.77. The summed E-state index contributed by atoms with van der Waals surface area (Å²) in [5.41, 5.74) is 3.18. The van der Waals surface area contributed by atoms with Gasteiger partial charge in [0.05, 0.1) is 28.1 Å². The van der Waals surface area contributed by atoms with E-state index in [1.165, 1.54) is 12.1 Å². The largest absolute Gasteiger partial charge is 0.475 e. The van der Waals surface area contributed by atoms with Crippen LogP contribution in [-0.2, 0) is 6.42 Å². The number of nitrogens with one attached hydrogen (secondary N) is 1. The van der Waals surface area contributed by atoms with Gasteiger partial charge in [0.15, 0.2) is 0 Å². The number of benzene rings is 1. The van der Waals surface area contributed by atoms with E-state index in [4.69, 9.17) is 21.3 Å². The molecule has 0 bridgehead atoms. The van der Waals surface area contributed by atoms with Crippen molar-refractivity contribution >= 4 is 17.5 Å². The first kappa shape index (κ1) is 20.4. The van der Waals surface area contributed by atoms with Gasteiger partial charge in [-0.25, -0.2) is 24.3 Å². The highest BCUT2D eigenvalue weighted by Gasteiger charge is 2.31. The topological polar surface area (TPSA) is 77.8 Å². The number of halogens is 2. The van der Waals surface area contributed by atoms with E-state index in [1.54, 1.807) is 43.7 Å². The van der Waals surface area contributed by atoms with Crippen LogP contribution in [0.4, 0.5) is 10.3 Å². The van der Waals surface area contributed by atoms with Gasteiger partial charge in [-0.3, -0.25) is 0 Å². The highest BCUT2D eigenvalue weighted by atomic mass is 35.5. The Morgan fingerprint density at radius 2 is 1.97 bits per heavy atom. The van der Waals surface area contributed by atoms with E-state index in [0.717, 1.165) is 41.3 Å². The van der Waals surface area contributed by atoms with Gasteiger partial charge in [0, 0.05) is 37.5 Å². The molecule has 5 rings (SSSR count). The molecular formula is C23H20ClFN6O. The number of fused-ring (bicyclic) bond motifs is 1. The fraction of sp³-hybridized carbons (Fsp3) is 0.217. The van der Waals surface area contributed by atoms with Crippen LogP contribution in [0, 0.1) is 5.82 Å². The molecule has 1 aliphatic heterocycles. The van der Waals surface area contributed by atoms with E-state index in [0.29, 0.717) is 23.5 Å². The highest BCUT2D eigenvalue weighted by Crippen LogP contribution is 2.39. The van der Waals surface area contributed by atoms with Crippen LogP contribution in [0.15, 0.2) is 54.9 Å². The predicted molar refractivity (Wildman–Crippen MR) is 120 cm³/mol. The molecule has 4 aromatic rings. The number of hydrogen-bond acceptors (Lipinski definition) is 6. The average Bonchev–Trinajstić information content (AvgIpc) is 3.39. The van der Waals surface area contributed by atoms with Crippen LogP contribution in [0.5, 0.6) is 5.88 Å². The van der Waals surface area contributed by atoms with Crippen molar-refractivity contribution in [1.82, 2.24) is 24.5 Å². The van der Waals surface area contributed by atoms with Gasteiger partial charge < -0.3 is 14.6 Å². The summed E-state index contributed by atoms with van der Waals surface area (Å²) < 4.78 is 21.7. The minimum atomic E-state index is -0.289. The molecule has 32 heavy (non-hydrogen) atoms. The minimum absolute atomic E-state index is 0.0483. The van der Waals surface area contributed by atoms with Crippen molar-refractivity contribution in [1.29, 1.82) is 0 Å². The van der Waals surface area contributed by atoms with Gasteiger partial charge in [-0.2, -0.15) is 0 Å². The van der Waals surface area contributed by atoms with Gasteiger partial charge in [0.2, 0.25) is 11.8 Å². The zero-order chi connectivity index (χ0) is 22.1. The molecule has 0 fully saturated rings. The van der Waals surface area contributed by atoms with E-state index >= 15 is 0 Å². The number of aryl methyl sites for hydroxylation is 1. The van der Waals surface area contributed by atoms with Crippen LogP contribution in [-0.4, -0.2) is 38.2 Å². The first-order chi connectivity index (χ1) is 15.6. The van der Waals surface area contributed by atoms with Crippen LogP contribution in [0.1, 0.15) is 18.3 Å². The summed E-state index contributed by atoms with van der Waals surface area (Å²) in [6.07, 6.45) is 4.96. The zero-order valence-electron chi connectivity index (χ0n) is 17.3. The fourth-order valence-corrected chi connectivity index (χ4v) is 4.04. The molecule has 1 aromatic carbocycles. The molecule has 0 aliphatic carbocycles. The second-order valence-corrected chi connectivity index (χ2v) is 7.87. The van der Waals surface area contributed by atoms with E-state index in [2.05, 4.69) is 24.8 Å². The van der Waals surface area contributed by atoms with Crippen molar-refractivity contribution in [3.63, 3.8) is 0 Å². The second-order valence-electron chi connectivity index (χ2n) is 7.44. The number of rotatable bonds is 6. The van der Waals surface area contributed by atoms with Gasteiger partial charge >= 0.3 is 0 Å². The molecule has 1 atom stereocenters. The standard InChI is InChI=1S/C23H20ClFN6O/c1-26-23-27-11-10-18(29-23)22-21(14-2-5-16(25)6-3-14)30-19-8-7-17(31(19)22)13-32-20-9-4-15(24)12-28-20/h2-6,9-12,17H,7-8,13H2,1H3,(H,26,27,29). The highest BCUT2D eigenvalue weighted by molar-refractivity contribution is 6.30. The third-order valence-electron chi connectivity index (χ3n) is 5.41. The monoisotopic (exact) mass is 450 g/mol. The van der Waals surface area contributed by atoms with Gasteiger partial charge in [0.25, 0.3) is 0 Å². The van der Waals surface area contributed by atoms with Crippen LogP contribution in [0.3, 0.4) is 0 Å². The maximum Gasteiger partial charge on any atom is 0.222 e.